The molecule has 0 aliphatic heterocycles. The topological polar surface area (TPSA) is 3.24 Å². The average Bonchev–Trinajstić information content (AvgIpc) is 3.61. The summed E-state index contributed by atoms with van der Waals surface area (Å²) in [5.74, 6) is 0. The molecule has 6 aromatic carbocycles. The lowest BCUT2D eigenvalue weighted by Gasteiger charge is -2.27. The van der Waals surface area contributed by atoms with Crippen molar-refractivity contribution in [2.45, 2.75) is 27.7 Å². The second-order valence-electron chi connectivity index (χ2n) is 13.3. The van der Waals surface area contributed by atoms with E-state index in [0.717, 1.165) is 33.4 Å². The lowest BCUT2D eigenvalue weighted by atomic mass is 9.91. The molecule has 0 bridgehead atoms. The lowest BCUT2D eigenvalue weighted by molar-refractivity contribution is 1.22. The van der Waals surface area contributed by atoms with Crippen molar-refractivity contribution in [3.63, 3.8) is 0 Å². The minimum absolute atomic E-state index is 0.987. The van der Waals surface area contributed by atoms with Crippen molar-refractivity contribution >= 4 is 66.7 Å². The van der Waals surface area contributed by atoms with Crippen LogP contribution in [0.1, 0.15) is 35.4 Å². The van der Waals surface area contributed by atoms with Gasteiger partial charge in [0.2, 0.25) is 0 Å². The van der Waals surface area contributed by atoms with Crippen LogP contribution in [0.5, 0.6) is 0 Å². The summed E-state index contributed by atoms with van der Waals surface area (Å²) in [4.78, 5) is 4.71. The molecule has 0 unspecified atom stereocenters. The van der Waals surface area contributed by atoms with Gasteiger partial charge in [0.25, 0.3) is 0 Å². The number of nitrogens with zero attached hydrogens (tertiary/aromatic N) is 1. The molecule has 1 heterocycles. The van der Waals surface area contributed by atoms with Crippen LogP contribution in [0.2, 0.25) is 0 Å². The first-order valence-electron chi connectivity index (χ1n) is 17.8. The zero-order chi connectivity index (χ0) is 36.2. The van der Waals surface area contributed by atoms with Crippen molar-refractivity contribution < 1.29 is 0 Å². The molecule has 7 rings (SSSR count). The Labute approximate surface area is 311 Å². The number of benzene rings is 5. The summed E-state index contributed by atoms with van der Waals surface area (Å²) < 4.78 is 0. The van der Waals surface area contributed by atoms with Crippen LogP contribution in [0.25, 0.3) is 54.4 Å². The Hall–Kier alpha value is -5.96. The van der Waals surface area contributed by atoms with Gasteiger partial charge in [-0.15, -0.1) is 11.3 Å². The van der Waals surface area contributed by atoms with Crippen LogP contribution in [-0.2, 0) is 0 Å². The first-order valence-corrected chi connectivity index (χ1v) is 18.6. The van der Waals surface area contributed by atoms with Gasteiger partial charge in [0.05, 0.1) is 5.69 Å². The molecular weight excluding hydrogens is 647 g/mol. The maximum absolute atomic E-state index is 4.36. The van der Waals surface area contributed by atoms with Crippen LogP contribution in [-0.4, -0.2) is 0 Å². The van der Waals surface area contributed by atoms with Crippen molar-refractivity contribution in [2.24, 2.45) is 0 Å². The quantitative estimate of drug-likeness (QED) is 0.144. The molecule has 0 N–H and O–H groups in total. The van der Waals surface area contributed by atoms with Gasteiger partial charge < -0.3 is 4.90 Å². The van der Waals surface area contributed by atoms with E-state index in [1.54, 1.807) is 0 Å². The van der Waals surface area contributed by atoms with Gasteiger partial charge in [-0.05, 0) is 125 Å². The standard InChI is InChI=1S/C50H43NS/c1-7-9-16-40(8-2)51(41-26-21-35(5)22-27-41)47-20-13-11-10-12-19-46(44-17-14-15-18-45(44)47)48-30-28-42(52-48)33-39-24-23-37-31-36(6)32-38-25-29-43(34(3)4)50(39)49(37)38/h7-33H,2-3H2,1,4-6H3/b9-7+,11-10?,12-10?,13-11?,19-12?,20-13?,39-33+,40-16+,46-19?,46-44?,47-20?,47-45?. The van der Waals surface area contributed by atoms with E-state index in [-0.39, 0.29) is 0 Å². The highest BCUT2D eigenvalue weighted by molar-refractivity contribution is 7.16. The van der Waals surface area contributed by atoms with E-state index in [2.05, 4.69) is 191 Å². The molecule has 0 aliphatic carbocycles. The Balaban J connectivity index is 1.46. The number of hydrogen-bond donors (Lipinski definition) is 0. The van der Waals surface area contributed by atoms with Crippen molar-refractivity contribution in [2.75, 3.05) is 4.90 Å². The Morgan fingerprint density at radius 3 is 2.10 bits per heavy atom. The fourth-order valence-electron chi connectivity index (χ4n) is 7.06. The molecule has 0 saturated heterocycles. The van der Waals surface area contributed by atoms with Crippen molar-refractivity contribution in [1.82, 2.24) is 0 Å². The summed E-state index contributed by atoms with van der Waals surface area (Å²) in [5, 5.41) is 8.62. The Morgan fingerprint density at radius 2 is 1.38 bits per heavy atom. The summed E-state index contributed by atoms with van der Waals surface area (Å²) >= 11 is 1.82. The van der Waals surface area contributed by atoms with E-state index < -0.39 is 0 Å². The van der Waals surface area contributed by atoms with Crippen LogP contribution in [0.15, 0.2) is 177 Å². The summed E-state index contributed by atoms with van der Waals surface area (Å²) in [6.45, 7) is 17.0. The van der Waals surface area contributed by atoms with Gasteiger partial charge in [0.1, 0.15) is 0 Å². The predicted molar refractivity (Wildman–Crippen MR) is 231 cm³/mol. The fraction of sp³-hybridized carbons (Fsp3) is 0.0800. The number of allylic oxidation sites excluding steroid dienone is 5. The summed E-state index contributed by atoms with van der Waals surface area (Å²) in [6.07, 6.45) is 10.5. The molecule has 0 amide bonds. The maximum Gasteiger partial charge on any atom is 0.0540 e. The molecule has 0 spiro atoms. The van der Waals surface area contributed by atoms with E-state index in [4.69, 9.17) is 0 Å². The normalized spacial score (nSPS) is 12.2. The van der Waals surface area contributed by atoms with Crippen LogP contribution >= 0.6 is 11.3 Å². The summed E-state index contributed by atoms with van der Waals surface area (Å²) in [7, 11) is 0. The molecular formula is C50H43NS. The molecule has 0 atom stereocenters. The molecule has 0 aliphatic rings. The molecule has 2 heteroatoms. The molecule has 254 valence electrons. The van der Waals surface area contributed by atoms with E-state index in [0.29, 0.717) is 0 Å². The lowest BCUT2D eigenvalue weighted by Crippen LogP contribution is -2.15. The third-order valence-electron chi connectivity index (χ3n) is 9.48. The zero-order valence-electron chi connectivity index (χ0n) is 30.4. The third kappa shape index (κ3) is 6.86. The Kier molecular flexibility index (Phi) is 10.0. The highest BCUT2D eigenvalue weighted by Crippen LogP contribution is 2.39. The monoisotopic (exact) mass is 689 g/mol. The molecule has 7 aromatic rings. The van der Waals surface area contributed by atoms with Gasteiger partial charge in [-0.1, -0.05) is 140 Å². The van der Waals surface area contributed by atoms with Crippen molar-refractivity contribution in [1.29, 1.82) is 0 Å². The molecule has 0 radical (unpaired) electrons. The Morgan fingerprint density at radius 1 is 0.692 bits per heavy atom. The van der Waals surface area contributed by atoms with Crippen LogP contribution in [0, 0.1) is 13.8 Å². The minimum Gasteiger partial charge on any atom is -0.310 e. The van der Waals surface area contributed by atoms with E-state index in [9.17, 15) is 0 Å². The number of fused-ring (bicyclic) bond motifs is 1. The SMILES string of the molecule is C=C/C(=C\C=C\C)N(c1ccc(C)cc1)c1ccccccc(-c2ccc(/C=c3\ccc4cc(C)cc5ccc(C(=C)C)c3c54)s2)c2ccccc12. The predicted octanol–water partition coefficient (Wildman–Crippen LogP) is 14.0. The largest absolute Gasteiger partial charge is 0.310 e. The number of aryl methyl sites for hydroxylation is 2. The van der Waals surface area contributed by atoms with E-state index in [1.165, 1.54) is 58.8 Å². The number of rotatable bonds is 8. The van der Waals surface area contributed by atoms with Gasteiger partial charge in [-0.25, -0.2) is 0 Å². The van der Waals surface area contributed by atoms with E-state index >= 15 is 0 Å². The van der Waals surface area contributed by atoms with Gasteiger partial charge in [0, 0.05) is 26.5 Å². The fourth-order valence-corrected chi connectivity index (χ4v) is 8.06. The first-order chi connectivity index (χ1) is 25.4. The van der Waals surface area contributed by atoms with Gasteiger partial charge in [-0.3, -0.25) is 0 Å². The third-order valence-corrected chi connectivity index (χ3v) is 10.5. The second kappa shape index (κ2) is 15.1. The van der Waals surface area contributed by atoms with Gasteiger partial charge in [0.15, 0.2) is 0 Å². The second-order valence-corrected chi connectivity index (χ2v) is 14.4. The molecule has 1 aromatic heterocycles. The first kappa shape index (κ1) is 34.5. The van der Waals surface area contributed by atoms with Crippen molar-refractivity contribution in [3.8, 4) is 10.4 Å². The minimum atomic E-state index is 0.987. The molecule has 0 saturated carbocycles. The molecule has 1 nitrogen and oxygen atoms in total. The number of thiophene rings is 1. The zero-order valence-corrected chi connectivity index (χ0v) is 31.2. The van der Waals surface area contributed by atoms with Gasteiger partial charge in [-0.2, -0.15) is 0 Å². The summed E-state index contributed by atoms with van der Waals surface area (Å²) in [6, 6.07) is 48.4. The maximum atomic E-state index is 4.36. The smallest absolute Gasteiger partial charge is 0.0540 e. The van der Waals surface area contributed by atoms with E-state index in [1.807, 2.05) is 30.4 Å². The highest BCUT2D eigenvalue weighted by atomic mass is 32.1. The molecule has 52 heavy (non-hydrogen) atoms. The number of hydrogen-bond acceptors (Lipinski definition) is 2. The summed E-state index contributed by atoms with van der Waals surface area (Å²) in [5.41, 5.74) is 9.06. The highest BCUT2D eigenvalue weighted by Gasteiger charge is 2.16. The van der Waals surface area contributed by atoms with Gasteiger partial charge >= 0.3 is 0 Å². The van der Waals surface area contributed by atoms with Crippen LogP contribution in [0.3, 0.4) is 0 Å². The average molecular weight is 690 g/mol. The van der Waals surface area contributed by atoms with Crippen LogP contribution < -0.4 is 10.1 Å². The number of anilines is 2. The van der Waals surface area contributed by atoms with Crippen molar-refractivity contribution in [3.05, 3.63) is 203 Å². The Bertz CT molecular complexity index is 2630. The molecule has 0 fully saturated rings. The van der Waals surface area contributed by atoms with Crippen LogP contribution in [0.4, 0.5) is 11.4 Å².